The number of carbonyl (C=O) groups excluding carboxylic acids is 1. The lowest BCUT2D eigenvalue weighted by Gasteiger charge is -2.23. The van der Waals surface area contributed by atoms with Crippen molar-refractivity contribution in [1.82, 2.24) is 15.1 Å². The monoisotopic (exact) mass is 371 g/mol. The van der Waals surface area contributed by atoms with Crippen molar-refractivity contribution >= 4 is 5.91 Å². The third-order valence-corrected chi connectivity index (χ3v) is 4.33. The summed E-state index contributed by atoms with van der Waals surface area (Å²) in [6.07, 6.45) is 1.70. The molecule has 1 N–H and O–H groups in total. The molecule has 0 aliphatic heterocycles. The van der Waals surface area contributed by atoms with Crippen molar-refractivity contribution in [1.29, 1.82) is 0 Å². The van der Waals surface area contributed by atoms with Crippen molar-refractivity contribution in [3.8, 4) is 0 Å². The zero-order valence-electron chi connectivity index (χ0n) is 17.3. The Morgan fingerprint density at radius 2 is 1.89 bits per heavy atom. The zero-order chi connectivity index (χ0) is 19.9. The molecule has 5 nitrogen and oxygen atoms in total. The van der Waals surface area contributed by atoms with Crippen LogP contribution in [0.25, 0.3) is 0 Å². The molecule has 0 unspecified atom stereocenters. The van der Waals surface area contributed by atoms with Crippen LogP contribution in [0.1, 0.15) is 68.7 Å². The molecule has 0 radical (unpaired) electrons. The first kappa shape index (κ1) is 21.2. The van der Waals surface area contributed by atoms with Gasteiger partial charge in [0.05, 0.1) is 12.1 Å². The van der Waals surface area contributed by atoms with Gasteiger partial charge in [0.15, 0.2) is 0 Å². The van der Waals surface area contributed by atoms with Crippen LogP contribution in [0.5, 0.6) is 0 Å². The summed E-state index contributed by atoms with van der Waals surface area (Å²) >= 11 is 0. The van der Waals surface area contributed by atoms with E-state index in [0.717, 1.165) is 18.5 Å². The fourth-order valence-electron chi connectivity index (χ4n) is 2.86. The van der Waals surface area contributed by atoms with Crippen molar-refractivity contribution < 1.29 is 9.53 Å². The van der Waals surface area contributed by atoms with Gasteiger partial charge in [0, 0.05) is 18.8 Å². The summed E-state index contributed by atoms with van der Waals surface area (Å²) in [7, 11) is 0. The number of hydrogen-bond donors (Lipinski definition) is 1. The van der Waals surface area contributed by atoms with Crippen LogP contribution in [0.4, 0.5) is 0 Å². The molecule has 0 saturated carbocycles. The largest absolute Gasteiger partial charge is 0.381 e. The van der Waals surface area contributed by atoms with Gasteiger partial charge in [0.1, 0.15) is 5.69 Å². The maximum atomic E-state index is 12.4. The Hall–Kier alpha value is -2.14. The molecule has 1 aromatic heterocycles. The lowest BCUT2D eigenvalue weighted by Crippen LogP contribution is -2.28. The molecule has 5 heteroatoms. The summed E-state index contributed by atoms with van der Waals surface area (Å²) < 4.78 is 7.61. The minimum Gasteiger partial charge on any atom is -0.381 e. The van der Waals surface area contributed by atoms with E-state index in [-0.39, 0.29) is 11.4 Å². The summed E-state index contributed by atoms with van der Waals surface area (Å²) in [5, 5.41) is 7.48. The van der Waals surface area contributed by atoms with Gasteiger partial charge in [-0.05, 0) is 51.2 Å². The van der Waals surface area contributed by atoms with E-state index in [4.69, 9.17) is 4.74 Å². The molecule has 0 saturated heterocycles. The van der Waals surface area contributed by atoms with Gasteiger partial charge in [0.2, 0.25) is 0 Å². The second-order valence-electron chi connectivity index (χ2n) is 8.15. The van der Waals surface area contributed by atoms with Crippen molar-refractivity contribution in [2.24, 2.45) is 0 Å². The smallest absolute Gasteiger partial charge is 0.271 e. The van der Waals surface area contributed by atoms with Gasteiger partial charge in [0.25, 0.3) is 5.91 Å². The van der Waals surface area contributed by atoms with E-state index in [1.165, 1.54) is 5.56 Å². The maximum absolute atomic E-state index is 12.4. The van der Waals surface area contributed by atoms with E-state index in [0.29, 0.717) is 31.4 Å². The normalized spacial score (nSPS) is 11.8. The first-order valence-electron chi connectivity index (χ1n) is 9.79. The highest BCUT2D eigenvalue weighted by Crippen LogP contribution is 2.23. The van der Waals surface area contributed by atoms with Crippen LogP contribution in [0.15, 0.2) is 36.4 Å². The maximum Gasteiger partial charge on any atom is 0.271 e. The second-order valence-corrected chi connectivity index (χ2v) is 8.15. The van der Waals surface area contributed by atoms with Crippen LogP contribution in [-0.2, 0) is 16.7 Å². The van der Waals surface area contributed by atoms with Gasteiger partial charge in [-0.1, -0.05) is 44.2 Å². The highest BCUT2D eigenvalue weighted by Gasteiger charge is 2.23. The third-order valence-electron chi connectivity index (χ3n) is 4.33. The van der Waals surface area contributed by atoms with Crippen LogP contribution >= 0.6 is 0 Å². The number of benzene rings is 1. The van der Waals surface area contributed by atoms with Crippen molar-refractivity contribution in [3.05, 3.63) is 53.3 Å². The Labute approximate surface area is 163 Å². The predicted molar refractivity (Wildman–Crippen MR) is 109 cm³/mol. The molecular weight excluding hydrogens is 338 g/mol. The molecule has 27 heavy (non-hydrogen) atoms. The number of rotatable bonds is 9. The molecule has 2 rings (SSSR count). The number of nitrogens with zero attached hydrogens (tertiary/aromatic N) is 2. The highest BCUT2D eigenvalue weighted by atomic mass is 16.5. The van der Waals surface area contributed by atoms with Crippen molar-refractivity contribution in [2.45, 2.75) is 58.9 Å². The van der Waals surface area contributed by atoms with Crippen LogP contribution in [0.2, 0.25) is 0 Å². The Bertz CT molecular complexity index is 715. The number of nitrogens with one attached hydrogen (secondary N) is 1. The summed E-state index contributed by atoms with van der Waals surface area (Å²) in [6, 6.07) is 12.2. The topological polar surface area (TPSA) is 56.1 Å². The molecule has 0 atom stereocenters. The van der Waals surface area contributed by atoms with E-state index >= 15 is 0 Å². The van der Waals surface area contributed by atoms with Gasteiger partial charge in [-0.15, -0.1) is 0 Å². The molecule has 0 bridgehead atoms. The summed E-state index contributed by atoms with van der Waals surface area (Å²) in [4.78, 5) is 12.4. The number of amides is 1. The van der Waals surface area contributed by atoms with Gasteiger partial charge in [-0.25, -0.2) is 0 Å². The van der Waals surface area contributed by atoms with Gasteiger partial charge in [-0.2, -0.15) is 5.10 Å². The quantitative estimate of drug-likeness (QED) is 0.674. The fraction of sp³-hybridized carbons (Fsp3) is 0.545. The minimum absolute atomic E-state index is 0.121. The van der Waals surface area contributed by atoms with E-state index in [1.54, 1.807) is 0 Å². The van der Waals surface area contributed by atoms with Crippen molar-refractivity contribution in [2.75, 3.05) is 19.8 Å². The number of ether oxygens (including phenoxy) is 1. The van der Waals surface area contributed by atoms with Crippen LogP contribution in [-0.4, -0.2) is 35.4 Å². The van der Waals surface area contributed by atoms with E-state index < -0.39 is 0 Å². The summed E-state index contributed by atoms with van der Waals surface area (Å²) in [6.45, 7) is 12.5. The fourth-order valence-corrected chi connectivity index (χ4v) is 2.86. The molecule has 0 aliphatic rings. The van der Waals surface area contributed by atoms with Crippen molar-refractivity contribution in [3.63, 3.8) is 0 Å². The van der Waals surface area contributed by atoms with E-state index in [9.17, 15) is 4.79 Å². The SMILES string of the molecule is CC(C)c1cc(C(=O)NCCCOCCc2ccccc2)nn1C(C)(C)C. The molecular formula is C22H33N3O2. The lowest BCUT2D eigenvalue weighted by atomic mass is 10.1. The Balaban J connectivity index is 1.73. The zero-order valence-corrected chi connectivity index (χ0v) is 17.3. The molecule has 1 amide bonds. The first-order chi connectivity index (χ1) is 12.8. The summed E-state index contributed by atoms with van der Waals surface area (Å²) in [5.74, 6) is 0.195. The standard InChI is InChI=1S/C22H33N3O2/c1-17(2)20-16-19(24-25(20)22(3,4)5)21(26)23-13-9-14-27-15-12-18-10-7-6-8-11-18/h6-8,10-11,16-17H,9,12-15H2,1-5H3,(H,23,26). The Morgan fingerprint density at radius 1 is 1.19 bits per heavy atom. The Morgan fingerprint density at radius 3 is 2.48 bits per heavy atom. The van der Waals surface area contributed by atoms with Crippen LogP contribution in [0.3, 0.4) is 0 Å². The predicted octanol–water partition coefficient (Wildman–Crippen LogP) is 4.14. The number of hydrogen-bond acceptors (Lipinski definition) is 3. The molecule has 2 aromatic rings. The van der Waals surface area contributed by atoms with Gasteiger partial charge >= 0.3 is 0 Å². The Kier molecular flexibility index (Phi) is 7.60. The molecule has 1 heterocycles. The van der Waals surface area contributed by atoms with Crippen LogP contribution < -0.4 is 5.32 Å². The number of aromatic nitrogens is 2. The first-order valence-corrected chi connectivity index (χ1v) is 9.79. The highest BCUT2D eigenvalue weighted by molar-refractivity contribution is 5.92. The average molecular weight is 372 g/mol. The average Bonchev–Trinajstić information content (AvgIpc) is 3.08. The molecule has 0 spiro atoms. The molecule has 1 aromatic carbocycles. The molecule has 0 aliphatic carbocycles. The summed E-state index contributed by atoms with van der Waals surface area (Å²) in [5.41, 5.74) is 2.70. The van der Waals surface area contributed by atoms with E-state index in [2.05, 4.69) is 57.2 Å². The van der Waals surface area contributed by atoms with Crippen LogP contribution in [0, 0.1) is 0 Å². The second kappa shape index (κ2) is 9.70. The minimum atomic E-state index is -0.148. The lowest BCUT2D eigenvalue weighted by molar-refractivity contribution is 0.0935. The molecule has 0 fully saturated rings. The van der Waals surface area contributed by atoms with Gasteiger partial charge < -0.3 is 10.1 Å². The van der Waals surface area contributed by atoms with E-state index in [1.807, 2.05) is 28.9 Å². The van der Waals surface area contributed by atoms with Gasteiger partial charge in [-0.3, -0.25) is 9.48 Å². The number of carbonyl (C=O) groups is 1. The third kappa shape index (κ3) is 6.51. The molecule has 148 valence electrons.